The minimum atomic E-state index is -1.03. The Bertz CT molecular complexity index is 2050. The predicted octanol–water partition coefficient (Wildman–Crippen LogP) is 5.14. The first-order valence-corrected chi connectivity index (χ1v) is 14.0. The number of nitrogens with zero attached hydrogens (tertiary/aromatic N) is 2. The number of rotatable bonds is 6. The number of furan rings is 1. The van der Waals surface area contributed by atoms with Crippen molar-refractivity contribution >= 4 is 35.0 Å². The maximum absolute atomic E-state index is 13.9. The number of hydrogen-bond donors (Lipinski definition) is 2. The number of allylic oxidation sites excluding steroid dienone is 1. The van der Waals surface area contributed by atoms with E-state index in [0.717, 1.165) is 11.1 Å². The molecule has 2 aromatic heterocycles. The first kappa shape index (κ1) is 26.9. The summed E-state index contributed by atoms with van der Waals surface area (Å²) in [4.78, 5) is 44.1. The molecule has 8 nitrogen and oxygen atoms in total. The topological polar surface area (TPSA) is 114 Å². The van der Waals surface area contributed by atoms with Crippen LogP contribution < -0.4 is 20.2 Å². The number of carboxylic acids is 1. The molecule has 2 N–H and O–H groups in total. The molecule has 3 heterocycles. The molecule has 0 spiro atoms. The molecule has 9 heteroatoms. The Hall–Kier alpha value is -5.28. The Balaban J connectivity index is 1.43. The van der Waals surface area contributed by atoms with Crippen molar-refractivity contribution in [3.63, 3.8) is 0 Å². The minimum Gasteiger partial charge on any atom is -0.478 e. The SMILES string of the molecule is CC1=C(C(=O)Nc2ccccc2)C(c2ccc(C)cc2)n2c(s/c(=C\c3ccc(-c4cccc(C(=O)O)c4)o3)c2=O)=N1. The van der Waals surface area contributed by atoms with Crippen molar-refractivity contribution in [2.24, 2.45) is 4.99 Å². The Kier molecular flexibility index (Phi) is 7.02. The Labute approximate surface area is 244 Å². The van der Waals surface area contributed by atoms with Crippen LogP contribution in [0.3, 0.4) is 0 Å². The van der Waals surface area contributed by atoms with Gasteiger partial charge >= 0.3 is 5.97 Å². The lowest BCUT2D eigenvalue weighted by Crippen LogP contribution is -2.40. The van der Waals surface area contributed by atoms with E-state index in [0.29, 0.717) is 43.4 Å². The van der Waals surface area contributed by atoms with Crippen molar-refractivity contribution in [2.45, 2.75) is 19.9 Å². The summed E-state index contributed by atoms with van der Waals surface area (Å²) in [7, 11) is 0. The smallest absolute Gasteiger partial charge is 0.335 e. The van der Waals surface area contributed by atoms with E-state index >= 15 is 0 Å². The molecule has 0 saturated heterocycles. The summed E-state index contributed by atoms with van der Waals surface area (Å²) < 4.78 is 7.93. The number of carbonyl (C=O) groups excluding carboxylic acids is 1. The first-order chi connectivity index (χ1) is 20.3. The zero-order valence-corrected chi connectivity index (χ0v) is 23.5. The molecule has 0 bridgehead atoms. The number of anilines is 1. The fourth-order valence-corrected chi connectivity index (χ4v) is 5.94. The second kappa shape index (κ2) is 10.9. The third-order valence-corrected chi connectivity index (χ3v) is 7.97. The molecule has 42 heavy (non-hydrogen) atoms. The number of para-hydroxylation sites is 1. The van der Waals surface area contributed by atoms with E-state index in [2.05, 4.69) is 10.3 Å². The lowest BCUT2D eigenvalue weighted by molar-refractivity contribution is -0.113. The van der Waals surface area contributed by atoms with E-state index in [9.17, 15) is 19.5 Å². The summed E-state index contributed by atoms with van der Waals surface area (Å²) in [5, 5.41) is 12.3. The maximum Gasteiger partial charge on any atom is 0.335 e. The van der Waals surface area contributed by atoms with Gasteiger partial charge in [0.25, 0.3) is 11.5 Å². The molecule has 6 rings (SSSR count). The molecule has 3 aromatic carbocycles. The van der Waals surface area contributed by atoms with Gasteiger partial charge in [0.15, 0.2) is 4.80 Å². The number of aromatic carboxylic acids is 1. The predicted molar refractivity (Wildman–Crippen MR) is 161 cm³/mol. The molecular weight excluding hydrogens is 550 g/mol. The second-order valence-corrected chi connectivity index (χ2v) is 10.9. The van der Waals surface area contributed by atoms with E-state index in [1.165, 1.54) is 23.5 Å². The van der Waals surface area contributed by atoms with E-state index in [1.807, 2.05) is 49.4 Å². The first-order valence-electron chi connectivity index (χ1n) is 13.2. The highest BCUT2D eigenvalue weighted by molar-refractivity contribution is 7.07. The number of benzene rings is 3. The lowest BCUT2D eigenvalue weighted by Gasteiger charge is -2.25. The largest absolute Gasteiger partial charge is 0.478 e. The molecule has 0 aliphatic carbocycles. The average Bonchev–Trinajstić information content (AvgIpc) is 3.57. The highest BCUT2D eigenvalue weighted by Gasteiger charge is 2.32. The monoisotopic (exact) mass is 575 g/mol. The van der Waals surface area contributed by atoms with Crippen molar-refractivity contribution < 1.29 is 19.1 Å². The number of hydrogen-bond acceptors (Lipinski definition) is 6. The number of amides is 1. The third kappa shape index (κ3) is 5.13. The summed E-state index contributed by atoms with van der Waals surface area (Å²) in [6.07, 6.45) is 1.64. The summed E-state index contributed by atoms with van der Waals surface area (Å²) >= 11 is 1.22. The van der Waals surface area contributed by atoms with E-state index in [-0.39, 0.29) is 17.0 Å². The number of carbonyl (C=O) groups is 2. The van der Waals surface area contributed by atoms with Crippen LogP contribution in [0, 0.1) is 6.92 Å². The van der Waals surface area contributed by atoms with Crippen molar-refractivity contribution in [2.75, 3.05) is 5.32 Å². The molecule has 1 aliphatic heterocycles. The molecule has 1 unspecified atom stereocenters. The zero-order valence-electron chi connectivity index (χ0n) is 22.7. The second-order valence-electron chi connectivity index (χ2n) is 9.90. The van der Waals surface area contributed by atoms with E-state index < -0.39 is 12.0 Å². The van der Waals surface area contributed by atoms with Gasteiger partial charge in [0.05, 0.1) is 27.4 Å². The van der Waals surface area contributed by atoms with Crippen molar-refractivity contribution in [1.82, 2.24) is 4.57 Å². The average molecular weight is 576 g/mol. The van der Waals surface area contributed by atoms with E-state index in [1.54, 1.807) is 54.0 Å². The number of aryl methyl sites for hydroxylation is 1. The van der Waals surface area contributed by atoms with Crippen LogP contribution in [0.25, 0.3) is 17.4 Å². The van der Waals surface area contributed by atoms with Crippen LogP contribution in [0.5, 0.6) is 0 Å². The lowest BCUT2D eigenvalue weighted by atomic mass is 9.94. The number of thiazole rings is 1. The molecule has 0 fully saturated rings. The Morgan fingerprint density at radius 1 is 0.976 bits per heavy atom. The van der Waals surface area contributed by atoms with Crippen LogP contribution in [-0.2, 0) is 4.79 Å². The normalized spacial score (nSPS) is 14.8. The number of carboxylic acid groups (broad SMARTS) is 1. The molecule has 208 valence electrons. The van der Waals surface area contributed by atoms with Crippen molar-refractivity contribution in [3.8, 4) is 11.3 Å². The van der Waals surface area contributed by atoms with Gasteiger partial charge in [-0.2, -0.15) is 0 Å². The van der Waals surface area contributed by atoms with Crippen LogP contribution in [-0.4, -0.2) is 21.6 Å². The molecule has 0 radical (unpaired) electrons. The minimum absolute atomic E-state index is 0.150. The van der Waals surface area contributed by atoms with Crippen LogP contribution in [0.15, 0.2) is 116 Å². The van der Waals surface area contributed by atoms with Gasteiger partial charge in [-0.3, -0.25) is 14.2 Å². The van der Waals surface area contributed by atoms with Crippen LogP contribution in [0.4, 0.5) is 5.69 Å². The van der Waals surface area contributed by atoms with Gasteiger partial charge in [-0.15, -0.1) is 0 Å². The maximum atomic E-state index is 13.9. The van der Waals surface area contributed by atoms with Gasteiger partial charge in [-0.05, 0) is 55.8 Å². The Morgan fingerprint density at radius 3 is 2.48 bits per heavy atom. The van der Waals surface area contributed by atoms with Gasteiger partial charge < -0.3 is 14.8 Å². The van der Waals surface area contributed by atoms with Crippen LogP contribution in [0.2, 0.25) is 0 Å². The zero-order chi connectivity index (χ0) is 29.4. The summed E-state index contributed by atoms with van der Waals surface area (Å²) in [5.74, 6) is -0.451. The molecular formula is C33H25N3O5S. The molecule has 0 saturated carbocycles. The summed E-state index contributed by atoms with van der Waals surface area (Å²) in [6.45, 7) is 3.76. The van der Waals surface area contributed by atoms with Crippen LogP contribution in [0.1, 0.15) is 40.2 Å². The van der Waals surface area contributed by atoms with Gasteiger partial charge in [0.1, 0.15) is 11.5 Å². The molecule has 1 amide bonds. The van der Waals surface area contributed by atoms with E-state index in [4.69, 9.17) is 4.42 Å². The van der Waals surface area contributed by atoms with Gasteiger partial charge in [0.2, 0.25) is 0 Å². The van der Waals surface area contributed by atoms with Crippen molar-refractivity contribution in [3.05, 3.63) is 144 Å². The van der Waals surface area contributed by atoms with Gasteiger partial charge in [-0.1, -0.05) is 71.5 Å². The van der Waals surface area contributed by atoms with Gasteiger partial charge in [-0.25, -0.2) is 9.79 Å². The number of aromatic nitrogens is 1. The molecule has 1 atom stereocenters. The summed E-state index contributed by atoms with van der Waals surface area (Å²) in [5.41, 5.74) is 3.88. The number of fused-ring (bicyclic) bond motifs is 1. The summed E-state index contributed by atoms with van der Waals surface area (Å²) in [6, 6.07) is 26.2. The standard InChI is InChI=1S/C33H25N3O5S/c1-19-11-13-21(14-12-19)29-28(30(37)35-24-9-4-3-5-10-24)20(2)34-33-36(29)31(38)27(42-33)18-25-15-16-26(41-25)22-7-6-8-23(17-22)32(39)40/h3-18,29H,1-2H3,(H,35,37)(H,39,40)/b27-18-. The Morgan fingerprint density at radius 2 is 1.74 bits per heavy atom. The fraction of sp³-hybridized carbons (Fsp3) is 0.0909. The highest BCUT2D eigenvalue weighted by atomic mass is 32.1. The molecule has 5 aromatic rings. The van der Waals surface area contributed by atoms with Gasteiger partial charge in [0, 0.05) is 17.3 Å². The number of nitrogens with one attached hydrogen (secondary N) is 1. The van der Waals surface area contributed by atoms with Crippen molar-refractivity contribution in [1.29, 1.82) is 0 Å². The highest BCUT2D eigenvalue weighted by Crippen LogP contribution is 2.31. The quantitative estimate of drug-likeness (QED) is 0.291. The molecule has 1 aliphatic rings. The third-order valence-electron chi connectivity index (χ3n) is 6.99. The fourth-order valence-electron chi connectivity index (χ4n) is 4.92. The van der Waals surface area contributed by atoms with Crippen LogP contribution >= 0.6 is 11.3 Å².